The second-order valence-electron chi connectivity index (χ2n) is 7.93. The van der Waals surface area contributed by atoms with Crippen LogP contribution in [0.3, 0.4) is 0 Å². The fraction of sp³-hybridized carbons (Fsp3) is 0.333. The summed E-state index contributed by atoms with van der Waals surface area (Å²) in [6.07, 6.45) is 4.37. The van der Waals surface area contributed by atoms with Crippen molar-refractivity contribution in [2.24, 2.45) is 0 Å². The number of carbonyl (C=O) groups excluding carboxylic acids is 4. The van der Waals surface area contributed by atoms with Gasteiger partial charge in [-0.2, -0.15) is 0 Å². The molecule has 4 rings (SSSR count). The minimum atomic E-state index is -0.912. The number of hydrogen-bond donors (Lipinski definition) is 1. The number of esters is 1. The topological polar surface area (TPSA) is 92.8 Å². The predicted molar refractivity (Wildman–Crippen MR) is 114 cm³/mol. The highest BCUT2D eigenvalue weighted by molar-refractivity contribution is 6.34. The largest absolute Gasteiger partial charge is 0.449 e. The molecule has 1 N–H and O–H groups in total. The van der Waals surface area contributed by atoms with E-state index in [1.165, 1.54) is 30.7 Å². The van der Waals surface area contributed by atoms with Gasteiger partial charge in [-0.1, -0.05) is 31.4 Å². The average molecular weight is 420 g/mol. The molecule has 1 fully saturated rings. The fourth-order valence-corrected chi connectivity index (χ4v) is 4.02. The molecule has 1 saturated carbocycles. The molecule has 2 aliphatic rings. The highest BCUT2D eigenvalue weighted by atomic mass is 16.5. The summed E-state index contributed by atoms with van der Waals surface area (Å²) in [5.41, 5.74) is 1.31. The zero-order chi connectivity index (χ0) is 22.0. The van der Waals surface area contributed by atoms with E-state index in [2.05, 4.69) is 5.32 Å². The van der Waals surface area contributed by atoms with Crippen LogP contribution in [0.2, 0.25) is 0 Å². The lowest BCUT2D eigenvalue weighted by Crippen LogP contribution is -2.42. The van der Waals surface area contributed by atoms with Crippen molar-refractivity contribution in [3.8, 4) is 0 Å². The number of fused-ring (bicyclic) bond motifs is 1. The number of nitrogens with one attached hydrogen (secondary N) is 1. The molecule has 160 valence electrons. The Kier molecular flexibility index (Phi) is 5.84. The zero-order valence-electron chi connectivity index (χ0n) is 17.3. The lowest BCUT2D eigenvalue weighted by Gasteiger charge is -2.24. The van der Waals surface area contributed by atoms with Gasteiger partial charge in [0, 0.05) is 6.04 Å². The van der Waals surface area contributed by atoms with Crippen molar-refractivity contribution >= 4 is 29.4 Å². The quantitative estimate of drug-likeness (QED) is 0.591. The molecule has 3 amide bonds. The molecule has 0 bridgehead atoms. The number of amides is 3. The molecule has 1 heterocycles. The summed E-state index contributed by atoms with van der Waals surface area (Å²) in [6, 6.07) is 12.8. The highest BCUT2D eigenvalue weighted by Gasteiger charge is 2.36. The second-order valence-corrected chi connectivity index (χ2v) is 7.93. The van der Waals surface area contributed by atoms with Gasteiger partial charge in [-0.05, 0) is 56.2 Å². The number of nitrogens with zero attached hydrogens (tertiary/aromatic N) is 1. The Bertz CT molecular complexity index is 990. The Morgan fingerprint density at radius 3 is 2.10 bits per heavy atom. The van der Waals surface area contributed by atoms with Gasteiger partial charge in [0.15, 0.2) is 6.10 Å². The van der Waals surface area contributed by atoms with Crippen LogP contribution in [0.25, 0.3) is 0 Å². The molecule has 2 aromatic carbocycles. The Hall–Kier alpha value is -3.48. The van der Waals surface area contributed by atoms with Gasteiger partial charge in [-0.15, -0.1) is 0 Å². The van der Waals surface area contributed by atoms with Crippen LogP contribution in [0.4, 0.5) is 5.69 Å². The molecule has 0 radical (unpaired) electrons. The SMILES string of the molecule is CC(OC(=O)c1ccc(N2C(=O)c3ccccc3C2=O)cc1)C(=O)NC1CCCCC1. The first-order chi connectivity index (χ1) is 15.0. The van der Waals surface area contributed by atoms with Crippen LogP contribution in [-0.4, -0.2) is 35.8 Å². The Labute approximate surface area is 180 Å². The Morgan fingerprint density at radius 2 is 1.52 bits per heavy atom. The Morgan fingerprint density at radius 1 is 0.935 bits per heavy atom. The standard InChI is InChI=1S/C24H24N2O5/c1-15(21(27)25-17-7-3-2-4-8-17)31-24(30)16-11-13-18(14-12-16)26-22(28)19-9-5-6-10-20(19)23(26)29/h5-6,9-15,17H,2-4,7-8H2,1H3,(H,25,27). The van der Waals surface area contributed by atoms with E-state index in [4.69, 9.17) is 4.74 Å². The molecular formula is C24H24N2O5. The van der Waals surface area contributed by atoms with Gasteiger partial charge in [0.1, 0.15) is 0 Å². The van der Waals surface area contributed by atoms with Gasteiger partial charge < -0.3 is 10.1 Å². The third-order valence-corrected chi connectivity index (χ3v) is 5.76. The minimum absolute atomic E-state index is 0.140. The highest BCUT2D eigenvalue weighted by Crippen LogP contribution is 2.28. The van der Waals surface area contributed by atoms with Crippen molar-refractivity contribution in [3.05, 3.63) is 65.2 Å². The molecule has 1 aliphatic heterocycles. The van der Waals surface area contributed by atoms with E-state index in [1.807, 2.05) is 0 Å². The van der Waals surface area contributed by atoms with Crippen molar-refractivity contribution in [1.82, 2.24) is 5.32 Å². The van der Waals surface area contributed by atoms with Crippen LogP contribution >= 0.6 is 0 Å². The number of imide groups is 1. The number of carbonyl (C=O) groups is 4. The maximum Gasteiger partial charge on any atom is 0.338 e. The molecule has 2 aromatic rings. The van der Waals surface area contributed by atoms with Crippen LogP contribution in [-0.2, 0) is 9.53 Å². The van der Waals surface area contributed by atoms with E-state index >= 15 is 0 Å². The van der Waals surface area contributed by atoms with Crippen molar-refractivity contribution < 1.29 is 23.9 Å². The van der Waals surface area contributed by atoms with Gasteiger partial charge in [-0.3, -0.25) is 14.4 Å². The number of ether oxygens (including phenoxy) is 1. The van der Waals surface area contributed by atoms with Crippen molar-refractivity contribution in [3.63, 3.8) is 0 Å². The van der Waals surface area contributed by atoms with Crippen LogP contribution in [0.5, 0.6) is 0 Å². The van der Waals surface area contributed by atoms with Crippen molar-refractivity contribution in [2.45, 2.75) is 51.2 Å². The molecule has 1 unspecified atom stereocenters. The third-order valence-electron chi connectivity index (χ3n) is 5.76. The normalized spacial score (nSPS) is 17.3. The summed E-state index contributed by atoms with van der Waals surface area (Å²) < 4.78 is 5.30. The van der Waals surface area contributed by atoms with Gasteiger partial charge >= 0.3 is 5.97 Å². The second kappa shape index (κ2) is 8.71. The van der Waals surface area contributed by atoms with Gasteiger partial charge in [-0.25, -0.2) is 9.69 Å². The van der Waals surface area contributed by atoms with E-state index in [0.717, 1.165) is 30.6 Å². The van der Waals surface area contributed by atoms with Crippen molar-refractivity contribution in [1.29, 1.82) is 0 Å². The number of benzene rings is 2. The lowest BCUT2D eigenvalue weighted by molar-refractivity contribution is -0.130. The molecule has 1 atom stereocenters. The predicted octanol–water partition coefficient (Wildman–Crippen LogP) is 3.48. The summed E-state index contributed by atoms with van der Waals surface area (Å²) in [6.45, 7) is 1.54. The zero-order valence-corrected chi connectivity index (χ0v) is 17.3. The molecule has 7 heteroatoms. The van der Waals surface area contributed by atoms with Crippen LogP contribution < -0.4 is 10.2 Å². The first kappa shape index (κ1) is 20.8. The summed E-state index contributed by atoms with van der Waals surface area (Å²) in [5, 5.41) is 2.94. The van der Waals surface area contributed by atoms with Crippen LogP contribution in [0, 0.1) is 0 Å². The number of hydrogen-bond acceptors (Lipinski definition) is 5. The van der Waals surface area contributed by atoms with Gasteiger partial charge in [0.05, 0.1) is 22.4 Å². The van der Waals surface area contributed by atoms with E-state index in [9.17, 15) is 19.2 Å². The first-order valence-corrected chi connectivity index (χ1v) is 10.5. The molecular weight excluding hydrogens is 396 g/mol. The van der Waals surface area contributed by atoms with Gasteiger partial charge in [0.25, 0.3) is 17.7 Å². The molecule has 0 aromatic heterocycles. The maximum atomic E-state index is 12.6. The monoisotopic (exact) mass is 420 g/mol. The summed E-state index contributed by atoms with van der Waals surface area (Å²) in [7, 11) is 0. The van der Waals surface area contributed by atoms with Crippen LogP contribution in [0.15, 0.2) is 48.5 Å². The minimum Gasteiger partial charge on any atom is -0.449 e. The van der Waals surface area contributed by atoms with Gasteiger partial charge in [0.2, 0.25) is 0 Å². The van der Waals surface area contributed by atoms with Crippen LogP contribution in [0.1, 0.15) is 70.1 Å². The average Bonchev–Trinajstić information content (AvgIpc) is 3.05. The molecule has 1 aliphatic carbocycles. The number of rotatable bonds is 5. The maximum absolute atomic E-state index is 12.6. The Balaban J connectivity index is 1.39. The molecule has 0 saturated heterocycles. The fourth-order valence-electron chi connectivity index (χ4n) is 4.02. The number of anilines is 1. The summed E-state index contributed by atoms with van der Waals surface area (Å²) in [4.78, 5) is 51.0. The summed E-state index contributed by atoms with van der Waals surface area (Å²) >= 11 is 0. The molecule has 7 nitrogen and oxygen atoms in total. The van der Waals surface area contributed by atoms with E-state index in [1.54, 1.807) is 31.2 Å². The van der Waals surface area contributed by atoms with E-state index in [0.29, 0.717) is 16.8 Å². The summed E-state index contributed by atoms with van der Waals surface area (Å²) in [5.74, 6) is -1.74. The van der Waals surface area contributed by atoms with E-state index < -0.39 is 23.9 Å². The first-order valence-electron chi connectivity index (χ1n) is 10.5. The third kappa shape index (κ3) is 4.21. The smallest absolute Gasteiger partial charge is 0.338 e. The van der Waals surface area contributed by atoms with E-state index in [-0.39, 0.29) is 17.5 Å². The lowest BCUT2D eigenvalue weighted by atomic mass is 9.95. The van der Waals surface area contributed by atoms with Crippen molar-refractivity contribution in [2.75, 3.05) is 4.90 Å². The molecule has 0 spiro atoms. The molecule has 31 heavy (non-hydrogen) atoms.